The molecular formula is C21H26N8. The van der Waals surface area contributed by atoms with Gasteiger partial charge < -0.3 is 20.1 Å². The Kier molecular flexibility index (Phi) is 5.07. The molecule has 0 radical (unpaired) electrons. The lowest BCUT2D eigenvalue weighted by Crippen LogP contribution is -2.44. The normalized spacial score (nSPS) is 15.3. The van der Waals surface area contributed by atoms with Crippen molar-refractivity contribution in [2.24, 2.45) is 7.05 Å². The number of hydrogen-bond donors (Lipinski definition) is 2. The van der Waals surface area contributed by atoms with E-state index in [1.165, 1.54) is 0 Å². The maximum absolute atomic E-state index is 9.57. The summed E-state index contributed by atoms with van der Waals surface area (Å²) in [4.78, 5) is 16.2. The average molecular weight is 390 g/mol. The second-order valence-electron chi connectivity index (χ2n) is 7.52. The summed E-state index contributed by atoms with van der Waals surface area (Å²) in [6.45, 7) is 9.52. The van der Waals surface area contributed by atoms with Crippen LogP contribution in [0.4, 0.5) is 11.5 Å². The van der Waals surface area contributed by atoms with E-state index in [4.69, 9.17) is 4.98 Å². The van der Waals surface area contributed by atoms with Gasteiger partial charge in [0.15, 0.2) is 0 Å². The van der Waals surface area contributed by atoms with Gasteiger partial charge in [-0.25, -0.2) is 15.0 Å². The van der Waals surface area contributed by atoms with Gasteiger partial charge in [-0.1, -0.05) is 0 Å². The largest absolute Gasteiger partial charge is 0.367 e. The second kappa shape index (κ2) is 7.68. The molecule has 4 rings (SSSR count). The molecule has 29 heavy (non-hydrogen) atoms. The molecule has 1 saturated heterocycles. The van der Waals surface area contributed by atoms with Gasteiger partial charge in [-0.2, -0.15) is 5.26 Å². The second-order valence-corrected chi connectivity index (χ2v) is 7.52. The van der Waals surface area contributed by atoms with Gasteiger partial charge in [0.1, 0.15) is 23.3 Å². The molecule has 8 heteroatoms. The average Bonchev–Trinajstić information content (AvgIpc) is 3.07. The Morgan fingerprint density at radius 2 is 1.97 bits per heavy atom. The van der Waals surface area contributed by atoms with Crippen molar-refractivity contribution in [2.75, 3.05) is 36.4 Å². The van der Waals surface area contributed by atoms with Gasteiger partial charge in [-0.3, -0.25) is 0 Å². The Balaban J connectivity index is 1.77. The van der Waals surface area contributed by atoms with Crippen LogP contribution in [-0.4, -0.2) is 45.7 Å². The molecule has 0 amide bonds. The predicted molar refractivity (Wildman–Crippen MR) is 114 cm³/mol. The van der Waals surface area contributed by atoms with Gasteiger partial charge in [0.2, 0.25) is 0 Å². The molecule has 0 saturated carbocycles. The zero-order valence-corrected chi connectivity index (χ0v) is 17.3. The lowest BCUT2D eigenvalue weighted by atomic mass is 10.1. The quantitative estimate of drug-likeness (QED) is 0.706. The van der Waals surface area contributed by atoms with Gasteiger partial charge in [-0.15, -0.1) is 0 Å². The fourth-order valence-electron chi connectivity index (χ4n) is 3.89. The van der Waals surface area contributed by atoms with Crippen molar-refractivity contribution >= 4 is 22.5 Å². The third kappa shape index (κ3) is 3.61. The van der Waals surface area contributed by atoms with Crippen LogP contribution in [-0.2, 0) is 7.05 Å². The first-order chi connectivity index (χ1) is 14.0. The summed E-state index contributed by atoms with van der Waals surface area (Å²) in [6.07, 6.45) is 2.03. The highest BCUT2D eigenvalue weighted by molar-refractivity contribution is 5.81. The highest BCUT2D eigenvalue weighted by Gasteiger charge is 2.22. The van der Waals surface area contributed by atoms with E-state index in [1.807, 2.05) is 33.2 Å². The van der Waals surface area contributed by atoms with Crippen LogP contribution in [0.2, 0.25) is 0 Å². The SMILES string of the molecule is Cc1nc(C)c(C#N)c(N[C@@H](C)c2nc3ccn(C)c3cc2N2CCNCC2)n1. The molecule has 3 aromatic rings. The Morgan fingerprint density at radius 3 is 2.69 bits per heavy atom. The summed E-state index contributed by atoms with van der Waals surface area (Å²) in [5.74, 6) is 1.20. The number of anilines is 2. The van der Waals surface area contributed by atoms with Gasteiger partial charge in [-0.05, 0) is 32.9 Å². The van der Waals surface area contributed by atoms with Crippen molar-refractivity contribution in [3.8, 4) is 6.07 Å². The fraction of sp³-hybridized carbons (Fsp3) is 0.429. The van der Waals surface area contributed by atoms with Crippen molar-refractivity contribution in [2.45, 2.75) is 26.8 Å². The minimum atomic E-state index is -0.120. The number of nitrogens with one attached hydrogen (secondary N) is 2. The Bertz CT molecular complexity index is 1090. The molecular weight excluding hydrogens is 364 g/mol. The number of nitrogens with zero attached hydrogens (tertiary/aromatic N) is 6. The first-order valence-corrected chi connectivity index (χ1v) is 9.91. The summed E-state index contributed by atoms with van der Waals surface area (Å²) >= 11 is 0. The molecule has 1 atom stereocenters. The van der Waals surface area contributed by atoms with E-state index in [2.05, 4.69) is 49.1 Å². The molecule has 0 aliphatic carbocycles. The smallest absolute Gasteiger partial charge is 0.148 e. The zero-order valence-electron chi connectivity index (χ0n) is 17.3. The number of hydrogen-bond acceptors (Lipinski definition) is 7. The Hall–Kier alpha value is -3.18. The highest BCUT2D eigenvalue weighted by atomic mass is 15.2. The van der Waals surface area contributed by atoms with Crippen molar-refractivity contribution < 1.29 is 0 Å². The van der Waals surface area contributed by atoms with Gasteiger partial charge >= 0.3 is 0 Å². The molecule has 0 aromatic carbocycles. The minimum Gasteiger partial charge on any atom is -0.367 e. The molecule has 2 N–H and O–H groups in total. The van der Waals surface area contributed by atoms with E-state index < -0.39 is 0 Å². The topological polar surface area (TPSA) is 94.7 Å². The highest BCUT2D eigenvalue weighted by Crippen LogP contribution is 2.31. The molecule has 4 heterocycles. The first kappa shape index (κ1) is 19.2. The van der Waals surface area contributed by atoms with Crippen LogP contribution in [0, 0.1) is 25.2 Å². The molecule has 1 aliphatic heterocycles. The van der Waals surface area contributed by atoms with E-state index in [0.29, 0.717) is 22.9 Å². The van der Waals surface area contributed by atoms with Crippen molar-refractivity contribution in [3.63, 3.8) is 0 Å². The van der Waals surface area contributed by atoms with Crippen LogP contribution in [0.3, 0.4) is 0 Å². The van der Waals surface area contributed by atoms with E-state index in [1.54, 1.807) is 0 Å². The number of nitriles is 1. The predicted octanol–water partition coefficient (Wildman–Crippen LogP) is 2.43. The monoisotopic (exact) mass is 390 g/mol. The number of fused-ring (bicyclic) bond motifs is 1. The number of aromatic nitrogens is 4. The van der Waals surface area contributed by atoms with E-state index in [-0.39, 0.29) is 6.04 Å². The Morgan fingerprint density at radius 1 is 1.21 bits per heavy atom. The van der Waals surface area contributed by atoms with Gasteiger partial charge in [0.05, 0.1) is 34.2 Å². The zero-order chi connectivity index (χ0) is 20.5. The third-order valence-electron chi connectivity index (χ3n) is 5.41. The maximum Gasteiger partial charge on any atom is 0.148 e. The number of pyridine rings is 1. The summed E-state index contributed by atoms with van der Waals surface area (Å²) in [5.41, 5.74) is 5.33. The van der Waals surface area contributed by atoms with Crippen molar-refractivity contribution in [1.29, 1.82) is 5.26 Å². The lowest BCUT2D eigenvalue weighted by molar-refractivity contribution is 0.585. The molecule has 0 bridgehead atoms. The molecule has 1 fully saturated rings. The summed E-state index contributed by atoms with van der Waals surface area (Å²) in [5, 5.41) is 16.4. The van der Waals surface area contributed by atoms with Crippen LogP contribution >= 0.6 is 0 Å². The van der Waals surface area contributed by atoms with E-state index in [0.717, 1.165) is 48.6 Å². The van der Waals surface area contributed by atoms with Gasteiger partial charge in [0.25, 0.3) is 0 Å². The van der Waals surface area contributed by atoms with Crippen molar-refractivity contribution in [3.05, 3.63) is 41.1 Å². The van der Waals surface area contributed by atoms with Crippen LogP contribution in [0.25, 0.3) is 11.0 Å². The Labute approximate surface area is 170 Å². The molecule has 1 aliphatic rings. The number of aryl methyl sites for hydroxylation is 3. The van der Waals surface area contributed by atoms with Crippen LogP contribution in [0.1, 0.15) is 35.7 Å². The fourth-order valence-corrected chi connectivity index (χ4v) is 3.89. The summed E-state index contributed by atoms with van der Waals surface area (Å²) in [7, 11) is 2.04. The molecule has 0 spiro atoms. The van der Waals surface area contributed by atoms with E-state index in [9.17, 15) is 5.26 Å². The molecule has 0 unspecified atom stereocenters. The number of rotatable bonds is 4. The standard InChI is InChI=1S/C21H26N8/c1-13-16(12-22)21(26-15(3)24-13)25-14(2)20-19(29-9-6-23-7-10-29)11-18-17(27-20)5-8-28(18)4/h5,8,11,14,23H,6-7,9-10H2,1-4H3,(H,24,25,26)/t14-/m0/s1. The minimum absolute atomic E-state index is 0.120. The number of piperazine rings is 1. The molecule has 150 valence electrons. The van der Waals surface area contributed by atoms with Crippen molar-refractivity contribution in [1.82, 2.24) is 24.8 Å². The molecule has 3 aromatic heterocycles. The van der Waals surface area contributed by atoms with Crippen LogP contribution < -0.4 is 15.5 Å². The van der Waals surface area contributed by atoms with Crippen LogP contribution in [0.5, 0.6) is 0 Å². The lowest BCUT2D eigenvalue weighted by Gasteiger charge is -2.32. The van der Waals surface area contributed by atoms with Gasteiger partial charge in [0, 0.05) is 39.4 Å². The maximum atomic E-state index is 9.57. The summed E-state index contributed by atoms with van der Waals surface area (Å²) in [6, 6.07) is 6.37. The molecule has 8 nitrogen and oxygen atoms in total. The van der Waals surface area contributed by atoms with Crippen LogP contribution in [0.15, 0.2) is 18.3 Å². The third-order valence-corrected chi connectivity index (χ3v) is 5.41. The summed E-state index contributed by atoms with van der Waals surface area (Å²) < 4.78 is 2.10. The first-order valence-electron chi connectivity index (χ1n) is 9.91. The van der Waals surface area contributed by atoms with E-state index >= 15 is 0 Å².